The van der Waals surface area contributed by atoms with Gasteiger partial charge in [0.15, 0.2) is 0 Å². The molecule has 0 aliphatic carbocycles. The fourth-order valence-electron chi connectivity index (χ4n) is 2.60. The first kappa shape index (κ1) is 17.6. The maximum absolute atomic E-state index is 12.4. The second kappa shape index (κ2) is 6.61. The summed E-state index contributed by atoms with van der Waals surface area (Å²) < 4.78 is 26.5. The number of benzene rings is 2. The van der Waals surface area contributed by atoms with Gasteiger partial charge >= 0.3 is 0 Å². The summed E-state index contributed by atoms with van der Waals surface area (Å²) in [6.45, 7) is 1.70. The summed E-state index contributed by atoms with van der Waals surface area (Å²) >= 11 is 3.38. The fourth-order valence-corrected chi connectivity index (χ4v) is 4.42. The first-order valence-electron chi connectivity index (χ1n) is 7.53. The van der Waals surface area contributed by atoms with E-state index in [2.05, 4.69) is 21.2 Å². The minimum absolute atomic E-state index is 0.0102. The van der Waals surface area contributed by atoms with Gasteiger partial charge in [-0.25, -0.2) is 12.7 Å². The number of sulfonamides is 1. The van der Waals surface area contributed by atoms with Crippen molar-refractivity contribution in [2.24, 2.45) is 0 Å². The van der Waals surface area contributed by atoms with Crippen molar-refractivity contribution in [1.82, 2.24) is 4.31 Å². The normalized spacial score (nSPS) is 15.1. The van der Waals surface area contributed by atoms with Gasteiger partial charge < -0.3 is 5.32 Å². The number of rotatable bonds is 4. The quantitative estimate of drug-likeness (QED) is 0.820. The molecule has 25 heavy (non-hydrogen) atoms. The van der Waals surface area contributed by atoms with Crippen molar-refractivity contribution in [3.63, 3.8) is 0 Å². The van der Waals surface area contributed by atoms with Gasteiger partial charge in [0.2, 0.25) is 5.91 Å². The van der Waals surface area contributed by atoms with E-state index in [9.17, 15) is 18.0 Å². The largest absolute Gasteiger partial charge is 0.326 e. The molecule has 8 heteroatoms. The Kier molecular flexibility index (Phi) is 4.66. The van der Waals surface area contributed by atoms with E-state index in [4.69, 9.17) is 0 Å². The van der Waals surface area contributed by atoms with Crippen LogP contribution in [0.25, 0.3) is 0 Å². The third kappa shape index (κ3) is 3.32. The van der Waals surface area contributed by atoms with E-state index in [1.54, 1.807) is 24.3 Å². The molecule has 6 nitrogen and oxygen atoms in total. The molecule has 0 saturated heterocycles. The number of carbonyl (C=O) groups excluding carboxylic acids is 2. The molecule has 2 amide bonds. The summed E-state index contributed by atoms with van der Waals surface area (Å²) in [7, 11) is -3.88. The van der Waals surface area contributed by atoms with E-state index in [-0.39, 0.29) is 29.3 Å². The Hall–Kier alpha value is -2.19. The Morgan fingerprint density at radius 2 is 1.92 bits per heavy atom. The highest BCUT2D eigenvalue weighted by Crippen LogP contribution is 2.30. The fraction of sp³-hybridized carbons (Fsp3) is 0.176. The van der Waals surface area contributed by atoms with Crippen LogP contribution in [0.15, 0.2) is 51.8 Å². The summed E-state index contributed by atoms with van der Waals surface area (Å²) in [5, 5.41) is 2.70. The minimum atomic E-state index is -3.88. The number of fused-ring (bicyclic) bond motifs is 1. The van der Waals surface area contributed by atoms with Crippen molar-refractivity contribution in [3.05, 3.63) is 58.1 Å². The second-order valence-electron chi connectivity index (χ2n) is 5.64. The Morgan fingerprint density at radius 1 is 1.20 bits per heavy atom. The van der Waals surface area contributed by atoms with Crippen LogP contribution in [0.3, 0.4) is 0 Å². The Balaban J connectivity index is 1.69. The van der Waals surface area contributed by atoms with E-state index < -0.39 is 15.9 Å². The minimum Gasteiger partial charge on any atom is -0.326 e. The van der Waals surface area contributed by atoms with E-state index in [0.29, 0.717) is 5.69 Å². The number of hydrogen-bond acceptors (Lipinski definition) is 4. The first-order chi connectivity index (χ1) is 11.8. The average molecular weight is 423 g/mol. The molecule has 0 aromatic heterocycles. The van der Waals surface area contributed by atoms with Gasteiger partial charge in [0, 0.05) is 23.1 Å². The van der Waals surface area contributed by atoms with Crippen LogP contribution in [-0.2, 0) is 14.8 Å². The molecule has 0 fully saturated rings. The molecular weight excluding hydrogens is 408 g/mol. The number of nitrogens with one attached hydrogen (secondary N) is 1. The third-order valence-corrected chi connectivity index (χ3v) is 6.63. The number of carbonyl (C=O) groups is 2. The van der Waals surface area contributed by atoms with Crippen LogP contribution in [0, 0.1) is 6.92 Å². The van der Waals surface area contributed by atoms with Crippen molar-refractivity contribution >= 4 is 43.5 Å². The van der Waals surface area contributed by atoms with Gasteiger partial charge in [-0.2, -0.15) is 0 Å². The lowest BCUT2D eigenvalue weighted by Gasteiger charge is -2.15. The topological polar surface area (TPSA) is 83.6 Å². The Bertz CT molecular complexity index is 972. The first-order valence-corrected chi connectivity index (χ1v) is 9.76. The molecule has 0 spiro atoms. The van der Waals surface area contributed by atoms with Gasteiger partial charge in [0.1, 0.15) is 4.90 Å². The van der Waals surface area contributed by atoms with Gasteiger partial charge in [-0.3, -0.25) is 9.59 Å². The number of amides is 2. The Morgan fingerprint density at radius 3 is 2.60 bits per heavy atom. The molecule has 0 unspecified atom stereocenters. The van der Waals surface area contributed by atoms with E-state index >= 15 is 0 Å². The number of anilines is 1. The molecule has 1 N–H and O–H groups in total. The van der Waals surface area contributed by atoms with Gasteiger partial charge in [-0.15, -0.1) is 0 Å². The summed E-state index contributed by atoms with van der Waals surface area (Å²) in [4.78, 5) is 24.4. The van der Waals surface area contributed by atoms with Crippen LogP contribution >= 0.6 is 15.9 Å². The average Bonchev–Trinajstić information content (AvgIpc) is 2.76. The number of nitrogens with zero attached hydrogens (tertiary/aromatic N) is 1. The van der Waals surface area contributed by atoms with Crippen molar-refractivity contribution in [2.75, 3.05) is 11.9 Å². The lowest BCUT2D eigenvalue weighted by Crippen LogP contribution is -2.33. The summed E-state index contributed by atoms with van der Waals surface area (Å²) in [6, 6.07) is 11.4. The predicted molar refractivity (Wildman–Crippen MR) is 96.8 cm³/mol. The molecule has 2 aromatic rings. The molecule has 0 saturated carbocycles. The second-order valence-corrected chi connectivity index (χ2v) is 8.33. The number of hydrogen-bond donors (Lipinski definition) is 1. The molecule has 3 rings (SSSR count). The molecule has 0 radical (unpaired) electrons. The van der Waals surface area contributed by atoms with Gasteiger partial charge in [0.25, 0.3) is 15.9 Å². The molecule has 1 aliphatic heterocycles. The Labute approximate surface area is 154 Å². The SMILES string of the molecule is Cc1cc(NC(=O)CCN2C(=O)c3ccccc3S2(=O)=O)ccc1Br. The molecule has 0 bridgehead atoms. The van der Waals surface area contributed by atoms with Crippen LogP contribution in [0.2, 0.25) is 0 Å². The highest BCUT2D eigenvalue weighted by molar-refractivity contribution is 9.10. The maximum atomic E-state index is 12.4. The van der Waals surface area contributed by atoms with Crippen LogP contribution < -0.4 is 5.32 Å². The molecule has 1 heterocycles. The molecule has 130 valence electrons. The predicted octanol–water partition coefficient (Wildman–Crippen LogP) is 2.93. The number of halogens is 1. The van der Waals surface area contributed by atoms with Gasteiger partial charge in [-0.05, 0) is 42.8 Å². The van der Waals surface area contributed by atoms with E-state index in [0.717, 1.165) is 14.3 Å². The van der Waals surface area contributed by atoms with Crippen molar-refractivity contribution in [3.8, 4) is 0 Å². The zero-order valence-corrected chi connectivity index (χ0v) is 15.7. The lowest BCUT2D eigenvalue weighted by atomic mass is 10.2. The third-order valence-electron chi connectivity index (χ3n) is 3.90. The lowest BCUT2D eigenvalue weighted by molar-refractivity contribution is -0.116. The monoisotopic (exact) mass is 422 g/mol. The zero-order valence-electron chi connectivity index (χ0n) is 13.3. The van der Waals surface area contributed by atoms with Crippen molar-refractivity contribution in [2.45, 2.75) is 18.2 Å². The van der Waals surface area contributed by atoms with E-state index in [1.807, 2.05) is 13.0 Å². The molecular formula is C17H15BrN2O4S. The van der Waals surface area contributed by atoms with Gasteiger partial charge in [0.05, 0.1) is 5.56 Å². The molecule has 2 aromatic carbocycles. The molecule has 1 aliphatic rings. The molecule has 0 atom stereocenters. The number of aryl methyl sites for hydroxylation is 1. The van der Waals surface area contributed by atoms with E-state index in [1.165, 1.54) is 12.1 Å². The maximum Gasteiger partial charge on any atom is 0.269 e. The highest BCUT2D eigenvalue weighted by atomic mass is 79.9. The van der Waals surface area contributed by atoms with Crippen molar-refractivity contribution in [1.29, 1.82) is 0 Å². The highest BCUT2D eigenvalue weighted by Gasteiger charge is 2.40. The van der Waals surface area contributed by atoms with Crippen LogP contribution in [0.5, 0.6) is 0 Å². The summed E-state index contributed by atoms with van der Waals surface area (Å²) in [6.07, 6.45) is -0.117. The standard InChI is InChI=1S/C17H15BrN2O4S/c1-11-10-12(6-7-14(11)18)19-16(21)8-9-20-17(22)13-4-2-3-5-15(13)25(20,23)24/h2-7,10H,8-9H2,1H3,(H,19,21). The van der Waals surface area contributed by atoms with Crippen molar-refractivity contribution < 1.29 is 18.0 Å². The van der Waals surface area contributed by atoms with Crippen LogP contribution in [0.4, 0.5) is 5.69 Å². The van der Waals surface area contributed by atoms with Crippen LogP contribution in [-0.4, -0.2) is 31.1 Å². The zero-order chi connectivity index (χ0) is 18.2. The smallest absolute Gasteiger partial charge is 0.269 e. The van der Waals surface area contributed by atoms with Gasteiger partial charge in [-0.1, -0.05) is 28.1 Å². The van der Waals surface area contributed by atoms with Crippen LogP contribution in [0.1, 0.15) is 22.3 Å². The summed E-state index contributed by atoms with van der Waals surface area (Å²) in [5.74, 6) is -0.955. The summed E-state index contributed by atoms with van der Waals surface area (Å²) in [5.41, 5.74) is 1.72.